The molecule has 0 fully saturated rings. The van der Waals surface area contributed by atoms with Crippen LogP contribution < -0.4 is 15.4 Å². The smallest absolute Gasteiger partial charge is 0.262 e. The Bertz CT molecular complexity index is 973. The minimum Gasteiger partial charge on any atom is -0.482 e. The van der Waals surface area contributed by atoms with Gasteiger partial charge in [-0.1, -0.05) is 30.3 Å². The van der Waals surface area contributed by atoms with Crippen molar-refractivity contribution in [2.75, 3.05) is 18.5 Å². The van der Waals surface area contributed by atoms with Gasteiger partial charge in [-0.2, -0.15) is 0 Å². The molecular formula is C20H22N2O5S. The van der Waals surface area contributed by atoms with Crippen LogP contribution in [0.25, 0.3) is 0 Å². The van der Waals surface area contributed by atoms with Crippen LogP contribution in [0.3, 0.4) is 0 Å². The quantitative estimate of drug-likeness (QED) is 0.737. The number of hydrogen-bond acceptors (Lipinski definition) is 5. The monoisotopic (exact) mass is 402 g/mol. The Morgan fingerprint density at radius 3 is 2.71 bits per heavy atom. The molecule has 2 N–H and O–H groups in total. The molecule has 148 valence electrons. The lowest BCUT2D eigenvalue weighted by Crippen LogP contribution is -2.31. The summed E-state index contributed by atoms with van der Waals surface area (Å²) in [6.45, 7) is 1.84. The number of ether oxygens (including phenoxy) is 1. The summed E-state index contributed by atoms with van der Waals surface area (Å²) in [6.07, 6.45) is 0.537. The first-order chi connectivity index (χ1) is 13.4. The third-order valence-corrected chi connectivity index (χ3v) is 6.63. The Kier molecular flexibility index (Phi) is 5.99. The standard InChI is InChI=1S/C20H22N2O5S/c1-14(11-19(23)21-10-9-15-5-3-2-4-6-15)28(25,26)16-7-8-18-17(12-16)22-20(24)13-27-18/h2-8,12,14H,9-11,13H2,1H3,(H,21,23)(H,22,24)/t14-/m0/s1. The fraction of sp³-hybridized carbons (Fsp3) is 0.300. The zero-order valence-corrected chi connectivity index (χ0v) is 16.3. The summed E-state index contributed by atoms with van der Waals surface area (Å²) in [5, 5.41) is 4.45. The lowest BCUT2D eigenvalue weighted by Gasteiger charge is -2.19. The predicted octanol–water partition coefficient (Wildman–Crippen LogP) is 1.93. The van der Waals surface area contributed by atoms with Crippen LogP contribution in [-0.4, -0.2) is 38.6 Å². The van der Waals surface area contributed by atoms with Gasteiger partial charge >= 0.3 is 0 Å². The minimum absolute atomic E-state index is 0.0432. The van der Waals surface area contributed by atoms with Crippen LogP contribution in [0.2, 0.25) is 0 Å². The Morgan fingerprint density at radius 1 is 1.21 bits per heavy atom. The topological polar surface area (TPSA) is 102 Å². The molecule has 8 heteroatoms. The summed E-state index contributed by atoms with van der Waals surface area (Å²) in [6, 6.07) is 14.0. The molecule has 0 saturated heterocycles. The fourth-order valence-corrected chi connectivity index (χ4v) is 4.28. The van der Waals surface area contributed by atoms with E-state index in [1.54, 1.807) is 0 Å². The van der Waals surface area contributed by atoms with Crippen molar-refractivity contribution in [3.63, 3.8) is 0 Å². The molecule has 0 aromatic heterocycles. The molecule has 7 nitrogen and oxygen atoms in total. The van der Waals surface area contributed by atoms with Gasteiger partial charge in [0.15, 0.2) is 16.4 Å². The molecule has 1 heterocycles. The fourth-order valence-electron chi connectivity index (χ4n) is 2.91. The number of nitrogens with one attached hydrogen (secondary N) is 2. The maximum Gasteiger partial charge on any atom is 0.262 e. The van der Waals surface area contributed by atoms with Gasteiger partial charge in [0.05, 0.1) is 15.8 Å². The second-order valence-electron chi connectivity index (χ2n) is 6.64. The number of amides is 2. The highest BCUT2D eigenvalue weighted by Gasteiger charge is 2.27. The highest BCUT2D eigenvalue weighted by molar-refractivity contribution is 7.92. The summed E-state index contributed by atoms with van der Waals surface area (Å²) < 4.78 is 30.8. The van der Waals surface area contributed by atoms with E-state index in [9.17, 15) is 18.0 Å². The molecule has 2 aromatic carbocycles. The SMILES string of the molecule is C[C@@H](CC(=O)NCCc1ccccc1)S(=O)(=O)c1ccc2c(c1)NC(=O)CO2. The van der Waals surface area contributed by atoms with Crippen LogP contribution >= 0.6 is 0 Å². The van der Waals surface area contributed by atoms with Crippen molar-refractivity contribution in [3.05, 3.63) is 54.1 Å². The van der Waals surface area contributed by atoms with Crippen molar-refractivity contribution in [3.8, 4) is 5.75 Å². The van der Waals surface area contributed by atoms with E-state index in [1.165, 1.54) is 25.1 Å². The molecule has 1 aliphatic heterocycles. The highest BCUT2D eigenvalue weighted by Crippen LogP contribution is 2.31. The number of sulfone groups is 1. The molecule has 0 saturated carbocycles. The summed E-state index contributed by atoms with van der Waals surface area (Å²) in [4.78, 5) is 23.6. The minimum atomic E-state index is -3.73. The van der Waals surface area contributed by atoms with E-state index in [1.807, 2.05) is 30.3 Å². The molecule has 0 radical (unpaired) electrons. The first-order valence-corrected chi connectivity index (χ1v) is 10.5. The molecule has 1 aliphatic rings. The van der Waals surface area contributed by atoms with E-state index >= 15 is 0 Å². The zero-order valence-electron chi connectivity index (χ0n) is 15.5. The predicted molar refractivity (Wildman–Crippen MR) is 105 cm³/mol. The summed E-state index contributed by atoms with van der Waals surface area (Å²) >= 11 is 0. The highest BCUT2D eigenvalue weighted by atomic mass is 32.2. The average Bonchev–Trinajstić information content (AvgIpc) is 2.68. The third-order valence-electron chi connectivity index (χ3n) is 4.49. The van der Waals surface area contributed by atoms with Gasteiger partial charge in [0.25, 0.3) is 5.91 Å². The van der Waals surface area contributed by atoms with E-state index in [0.717, 1.165) is 5.56 Å². The maximum atomic E-state index is 12.8. The van der Waals surface area contributed by atoms with Crippen molar-refractivity contribution in [2.24, 2.45) is 0 Å². The number of carbonyl (C=O) groups excluding carboxylic acids is 2. The van der Waals surface area contributed by atoms with E-state index in [-0.39, 0.29) is 29.7 Å². The van der Waals surface area contributed by atoms with Crippen molar-refractivity contribution >= 4 is 27.3 Å². The molecule has 2 aromatic rings. The van der Waals surface area contributed by atoms with E-state index < -0.39 is 15.1 Å². The molecule has 1 atom stereocenters. The number of hydrogen-bond donors (Lipinski definition) is 2. The van der Waals surface area contributed by atoms with E-state index in [0.29, 0.717) is 24.4 Å². The molecule has 0 unspecified atom stereocenters. The molecule has 2 amide bonds. The van der Waals surface area contributed by atoms with E-state index in [2.05, 4.69) is 10.6 Å². The molecule has 0 aliphatic carbocycles. The zero-order chi connectivity index (χ0) is 20.1. The largest absolute Gasteiger partial charge is 0.482 e. The van der Waals surface area contributed by atoms with Gasteiger partial charge in [-0.05, 0) is 37.1 Å². The summed E-state index contributed by atoms with van der Waals surface area (Å²) in [7, 11) is -3.73. The average molecular weight is 402 g/mol. The number of carbonyl (C=O) groups is 2. The summed E-state index contributed by atoms with van der Waals surface area (Å²) in [5.74, 6) is -0.237. The van der Waals surface area contributed by atoms with Crippen LogP contribution in [0.1, 0.15) is 18.9 Å². The van der Waals surface area contributed by atoms with Gasteiger partial charge in [-0.3, -0.25) is 9.59 Å². The van der Waals surface area contributed by atoms with Gasteiger partial charge < -0.3 is 15.4 Å². The van der Waals surface area contributed by atoms with Gasteiger partial charge in [0.1, 0.15) is 5.75 Å². The van der Waals surface area contributed by atoms with Gasteiger partial charge in [-0.25, -0.2) is 8.42 Å². The Balaban J connectivity index is 1.59. The van der Waals surface area contributed by atoms with Gasteiger partial charge in [-0.15, -0.1) is 0 Å². The van der Waals surface area contributed by atoms with Crippen molar-refractivity contribution < 1.29 is 22.7 Å². The van der Waals surface area contributed by atoms with Crippen LogP contribution in [0.5, 0.6) is 5.75 Å². The van der Waals surface area contributed by atoms with Crippen LogP contribution in [0.4, 0.5) is 5.69 Å². The first-order valence-electron chi connectivity index (χ1n) is 8.97. The molecule has 3 rings (SSSR count). The normalized spacial score (nSPS) is 14.4. The Hall–Kier alpha value is -2.87. The van der Waals surface area contributed by atoms with Crippen LogP contribution in [-0.2, 0) is 25.8 Å². The lowest BCUT2D eigenvalue weighted by atomic mass is 10.1. The van der Waals surface area contributed by atoms with Crippen molar-refractivity contribution in [1.82, 2.24) is 5.32 Å². The molecule has 0 bridgehead atoms. The molecule has 0 spiro atoms. The second-order valence-corrected chi connectivity index (χ2v) is 9.01. The molecular weight excluding hydrogens is 380 g/mol. The second kappa shape index (κ2) is 8.43. The summed E-state index contributed by atoms with van der Waals surface area (Å²) in [5.41, 5.74) is 1.42. The van der Waals surface area contributed by atoms with Crippen molar-refractivity contribution in [1.29, 1.82) is 0 Å². The Labute approximate surface area is 164 Å². The number of rotatable bonds is 7. The first kappa shape index (κ1) is 19.9. The Morgan fingerprint density at radius 2 is 1.96 bits per heavy atom. The van der Waals surface area contributed by atoms with Gasteiger partial charge in [0.2, 0.25) is 5.91 Å². The van der Waals surface area contributed by atoms with Crippen molar-refractivity contribution in [2.45, 2.75) is 29.9 Å². The molecule has 28 heavy (non-hydrogen) atoms. The lowest BCUT2D eigenvalue weighted by molar-refractivity contribution is -0.121. The third kappa shape index (κ3) is 4.69. The van der Waals surface area contributed by atoms with Crippen LogP contribution in [0, 0.1) is 0 Å². The van der Waals surface area contributed by atoms with Crippen LogP contribution in [0.15, 0.2) is 53.4 Å². The number of benzene rings is 2. The van der Waals surface area contributed by atoms with Gasteiger partial charge in [0, 0.05) is 13.0 Å². The maximum absolute atomic E-state index is 12.8. The van der Waals surface area contributed by atoms with E-state index in [4.69, 9.17) is 4.74 Å². The number of fused-ring (bicyclic) bond motifs is 1. The number of anilines is 1.